The van der Waals surface area contributed by atoms with Gasteiger partial charge < -0.3 is 5.32 Å². The highest BCUT2D eigenvalue weighted by molar-refractivity contribution is 5.59. The average molecular weight is 306 g/mol. The van der Waals surface area contributed by atoms with E-state index in [2.05, 4.69) is 42.2 Å². The summed E-state index contributed by atoms with van der Waals surface area (Å²) in [6.07, 6.45) is 7.71. The van der Waals surface area contributed by atoms with Gasteiger partial charge in [0, 0.05) is 44.5 Å². The van der Waals surface area contributed by atoms with Crippen LogP contribution in [0.15, 0.2) is 5.10 Å². The van der Waals surface area contributed by atoms with Crippen molar-refractivity contribution in [2.45, 2.75) is 58.5 Å². The second-order valence-electron chi connectivity index (χ2n) is 8.10. The monoisotopic (exact) mass is 306 g/mol. The van der Waals surface area contributed by atoms with Crippen molar-refractivity contribution in [1.29, 1.82) is 0 Å². The first-order valence-corrected chi connectivity index (χ1v) is 9.38. The first kappa shape index (κ1) is 16.3. The highest BCUT2D eigenvalue weighted by Gasteiger charge is 2.37. The van der Waals surface area contributed by atoms with Gasteiger partial charge in [0.25, 0.3) is 0 Å². The van der Waals surface area contributed by atoms with Crippen LogP contribution in [0.2, 0.25) is 0 Å². The fraction of sp³-hybridized carbons (Fsp3) is 0.944. The SMILES string of the molecule is CC(C)CNC1CC1CC(C)/C=N/N1CCN(C2CC2)CC1. The largest absolute Gasteiger partial charge is 0.313 e. The Balaban J connectivity index is 1.30. The standard InChI is InChI=1S/C18H34N4/c1-14(2)12-19-18-11-16(18)10-15(3)13-20-22-8-6-21(7-9-22)17-4-5-17/h13-19H,4-12H2,1-3H3/b20-13+. The van der Waals surface area contributed by atoms with E-state index < -0.39 is 0 Å². The number of piperazine rings is 1. The molecule has 3 aliphatic rings. The Hall–Kier alpha value is -0.610. The summed E-state index contributed by atoms with van der Waals surface area (Å²) in [5.74, 6) is 2.25. The highest BCUT2D eigenvalue weighted by atomic mass is 15.5. The van der Waals surface area contributed by atoms with Crippen LogP contribution < -0.4 is 5.32 Å². The first-order chi connectivity index (χ1) is 10.6. The topological polar surface area (TPSA) is 30.9 Å². The summed E-state index contributed by atoms with van der Waals surface area (Å²) in [7, 11) is 0. The number of nitrogens with one attached hydrogen (secondary N) is 1. The number of rotatable bonds is 8. The summed E-state index contributed by atoms with van der Waals surface area (Å²) in [5.41, 5.74) is 0. The van der Waals surface area contributed by atoms with Crippen LogP contribution in [0.5, 0.6) is 0 Å². The molecule has 3 atom stereocenters. The summed E-state index contributed by atoms with van der Waals surface area (Å²) >= 11 is 0. The van der Waals surface area contributed by atoms with Gasteiger partial charge in [-0.2, -0.15) is 5.10 Å². The molecule has 3 rings (SSSR count). The van der Waals surface area contributed by atoms with Crippen LogP contribution in [0.1, 0.15) is 46.5 Å². The predicted molar refractivity (Wildman–Crippen MR) is 93.2 cm³/mol. The summed E-state index contributed by atoms with van der Waals surface area (Å²) in [6.45, 7) is 12.7. The van der Waals surface area contributed by atoms with Gasteiger partial charge >= 0.3 is 0 Å². The third-order valence-electron chi connectivity index (χ3n) is 5.22. The van der Waals surface area contributed by atoms with E-state index in [-0.39, 0.29) is 0 Å². The van der Waals surface area contributed by atoms with Crippen LogP contribution in [0, 0.1) is 17.8 Å². The van der Waals surface area contributed by atoms with Crippen molar-refractivity contribution in [2.75, 3.05) is 32.7 Å². The molecule has 0 amide bonds. The minimum absolute atomic E-state index is 0.609. The van der Waals surface area contributed by atoms with Crippen molar-refractivity contribution in [2.24, 2.45) is 22.9 Å². The molecule has 0 aromatic rings. The van der Waals surface area contributed by atoms with Gasteiger partial charge in [-0.05, 0) is 50.0 Å². The normalized spacial score (nSPS) is 31.2. The maximum Gasteiger partial charge on any atom is 0.0488 e. The van der Waals surface area contributed by atoms with E-state index in [1.165, 1.54) is 38.8 Å². The zero-order valence-electron chi connectivity index (χ0n) is 14.7. The third kappa shape index (κ3) is 4.95. The zero-order valence-corrected chi connectivity index (χ0v) is 14.7. The Bertz CT molecular complexity index is 369. The lowest BCUT2D eigenvalue weighted by Gasteiger charge is -2.33. The summed E-state index contributed by atoms with van der Waals surface area (Å²) in [4.78, 5) is 2.64. The zero-order chi connectivity index (χ0) is 15.5. The molecule has 0 radical (unpaired) electrons. The maximum atomic E-state index is 4.74. The molecule has 1 N–H and O–H groups in total. The molecule has 0 aromatic carbocycles. The molecule has 1 heterocycles. The molecule has 0 bridgehead atoms. The maximum absolute atomic E-state index is 4.74. The molecular formula is C18H34N4. The van der Waals surface area contributed by atoms with Crippen molar-refractivity contribution in [3.05, 3.63) is 0 Å². The van der Waals surface area contributed by atoms with Crippen molar-refractivity contribution in [3.8, 4) is 0 Å². The van der Waals surface area contributed by atoms with E-state index in [4.69, 9.17) is 5.10 Å². The number of nitrogens with zero attached hydrogens (tertiary/aromatic N) is 3. The van der Waals surface area contributed by atoms with E-state index in [9.17, 15) is 0 Å². The van der Waals surface area contributed by atoms with Crippen molar-refractivity contribution < 1.29 is 0 Å². The number of hydrogen-bond acceptors (Lipinski definition) is 4. The Morgan fingerprint density at radius 3 is 2.50 bits per heavy atom. The Morgan fingerprint density at radius 2 is 1.86 bits per heavy atom. The minimum Gasteiger partial charge on any atom is -0.313 e. The van der Waals surface area contributed by atoms with Gasteiger partial charge in [0.1, 0.15) is 0 Å². The van der Waals surface area contributed by atoms with E-state index in [1.807, 2.05) is 0 Å². The molecule has 126 valence electrons. The number of hydrogen-bond donors (Lipinski definition) is 1. The third-order valence-corrected chi connectivity index (χ3v) is 5.22. The lowest BCUT2D eigenvalue weighted by molar-refractivity contribution is 0.130. The van der Waals surface area contributed by atoms with Gasteiger partial charge in [0.2, 0.25) is 0 Å². The molecule has 22 heavy (non-hydrogen) atoms. The molecule has 1 aliphatic heterocycles. The highest BCUT2D eigenvalue weighted by Crippen LogP contribution is 2.36. The lowest BCUT2D eigenvalue weighted by Crippen LogP contribution is -2.45. The summed E-state index contributed by atoms with van der Waals surface area (Å²) < 4.78 is 0. The quantitative estimate of drug-likeness (QED) is 0.699. The lowest BCUT2D eigenvalue weighted by atomic mass is 10.1. The second-order valence-corrected chi connectivity index (χ2v) is 8.10. The van der Waals surface area contributed by atoms with Crippen molar-refractivity contribution in [1.82, 2.24) is 15.2 Å². The molecule has 3 fully saturated rings. The van der Waals surface area contributed by atoms with Crippen molar-refractivity contribution in [3.63, 3.8) is 0 Å². The first-order valence-electron chi connectivity index (χ1n) is 9.38. The molecule has 4 heteroatoms. The fourth-order valence-corrected chi connectivity index (χ4v) is 3.52. The Kier molecular flexibility index (Phi) is 5.40. The van der Waals surface area contributed by atoms with Crippen LogP contribution in [0.4, 0.5) is 0 Å². The van der Waals surface area contributed by atoms with Crippen LogP contribution in [0.3, 0.4) is 0 Å². The van der Waals surface area contributed by atoms with Crippen LogP contribution >= 0.6 is 0 Å². The second kappa shape index (κ2) is 7.31. The van der Waals surface area contributed by atoms with Gasteiger partial charge in [-0.3, -0.25) is 9.91 Å². The molecule has 1 saturated heterocycles. The Morgan fingerprint density at radius 1 is 1.14 bits per heavy atom. The summed E-state index contributed by atoms with van der Waals surface area (Å²) in [5, 5.41) is 10.7. The molecule has 4 nitrogen and oxygen atoms in total. The van der Waals surface area contributed by atoms with Gasteiger partial charge in [-0.15, -0.1) is 0 Å². The van der Waals surface area contributed by atoms with Gasteiger partial charge in [0.05, 0.1) is 0 Å². The smallest absolute Gasteiger partial charge is 0.0488 e. The molecule has 0 spiro atoms. The van der Waals surface area contributed by atoms with Gasteiger partial charge in [-0.25, -0.2) is 0 Å². The van der Waals surface area contributed by atoms with Gasteiger partial charge in [0.15, 0.2) is 0 Å². The molecule has 0 aromatic heterocycles. The predicted octanol–water partition coefficient (Wildman–Crippen LogP) is 2.41. The molecule has 2 aliphatic carbocycles. The molecule has 3 unspecified atom stereocenters. The van der Waals surface area contributed by atoms with Crippen LogP contribution in [-0.4, -0.2) is 60.9 Å². The Labute approximate surface area is 136 Å². The van der Waals surface area contributed by atoms with E-state index >= 15 is 0 Å². The van der Waals surface area contributed by atoms with Gasteiger partial charge in [-0.1, -0.05) is 20.8 Å². The minimum atomic E-state index is 0.609. The van der Waals surface area contributed by atoms with Crippen LogP contribution in [0.25, 0.3) is 0 Å². The van der Waals surface area contributed by atoms with E-state index in [0.717, 1.165) is 43.6 Å². The summed E-state index contributed by atoms with van der Waals surface area (Å²) in [6, 6.07) is 1.69. The molecule has 2 saturated carbocycles. The van der Waals surface area contributed by atoms with E-state index in [1.54, 1.807) is 0 Å². The number of hydrazone groups is 1. The molecular weight excluding hydrogens is 272 g/mol. The fourth-order valence-electron chi connectivity index (χ4n) is 3.52. The van der Waals surface area contributed by atoms with E-state index in [0.29, 0.717) is 5.92 Å². The van der Waals surface area contributed by atoms with Crippen LogP contribution in [-0.2, 0) is 0 Å². The van der Waals surface area contributed by atoms with Crippen molar-refractivity contribution >= 4 is 6.21 Å². The average Bonchev–Trinajstić information content (AvgIpc) is 3.39.